The van der Waals surface area contributed by atoms with Gasteiger partial charge in [-0.15, -0.1) is 0 Å². The predicted molar refractivity (Wildman–Crippen MR) is 80.2 cm³/mol. The van der Waals surface area contributed by atoms with Crippen LogP contribution in [0.15, 0.2) is 30.3 Å². The van der Waals surface area contributed by atoms with Gasteiger partial charge >= 0.3 is 0 Å². The molecule has 0 saturated carbocycles. The van der Waals surface area contributed by atoms with Gasteiger partial charge in [-0.3, -0.25) is 4.79 Å². The van der Waals surface area contributed by atoms with Crippen LogP contribution >= 0.6 is 23.2 Å². The second kappa shape index (κ2) is 5.24. The fourth-order valence-corrected chi connectivity index (χ4v) is 2.30. The smallest absolute Gasteiger partial charge is 0.193 e. The molecule has 4 heteroatoms. The zero-order valence-electron chi connectivity index (χ0n) is 10.6. The quantitative estimate of drug-likeness (QED) is 0.658. The number of nitrogens with two attached hydrogens (primary N) is 1. The molecule has 0 spiro atoms. The van der Waals surface area contributed by atoms with Crippen LogP contribution in [0.3, 0.4) is 0 Å². The average molecular weight is 294 g/mol. The van der Waals surface area contributed by atoms with Crippen LogP contribution in [0.4, 0.5) is 5.69 Å². The Labute approximate surface area is 122 Å². The van der Waals surface area contributed by atoms with Crippen molar-refractivity contribution in [2.45, 2.75) is 13.8 Å². The highest BCUT2D eigenvalue weighted by Gasteiger charge is 2.15. The van der Waals surface area contributed by atoms with Crippen LogP contribution in [0.5, 0.6) is 0 Å². The van der Waals surface area contributed by atoms with E-state index in [1.807, 2.05) is 32.0 Å². The number of carbonyl (C=O) groups excluding carboxylic acids is 1. The van der Waals surface area contributed by atoms with Gasteiger partial charge in [0.25, 0.3) is 0 Å². The molecule has 0 amide bonds. The Hall–Kier alpha value is -1.51. The second-order valence-corrected chi connectivity index (χ2v) is 5.29. The summed E-state index contributed by atoms with van der Waals surface area (Å²) in [5.41, 5.74) is 9.16. The van der Waals surface area contributed by atoms with E-state index in [2.05, 4.69) is 0 Å². The summed E-state index contributed by atoms with van der Waals surface area (Å²) in [6, 6.07) is 8.78. The summed E-state index contributed by atoms with van der Waals surface area (Å²) in [5, 5.41) is 0.564. The van der Waals surface area contributed by atoms with E-state index in [-0.39, 0.29) is 15.8 Å². The monoisotopic (exact) mass is 293 g/mol. The lowest BCUT2D eigenvalue weighted by Gasteiger charge is -2.08. The molecule has 0 heterocycles. The Bertz CT molecular complexity index is 642. The van der Waals surface area contributed by atoms with E-state index < -0.39 is 0 Å². The Morgan fingerprint density at radius 2 is 1.79 bits per heavy atom. The fourth-order valence-electron chi connectivity index (χ4n) is 1.97. The van der Waals surface area contributed by atoms with Gasteiger partial charge in [0.15, 0.2) is 5.78 Å². The maximum Gasteiger partial charge on any atom is 0.193 e. The fraction of sp³-hybridized carbons (Fsp3) is 0.133. The van der Waals surface area contributed by atoms with Gasteiger partial charge in [0, 0.05) is 11.1 Å². The standard InChI is InChI=1S/C15H13Cl2NO/c1-8-3-4-11(9(2)5-8)15(19)10-6-12(16)14(17)13(18)7-10/h3-7H,18H2,1-2H3. The lowest BCUT2D eigenvalue weighted by molar-refractivity contribution is 0.103. The zero-order chi connectivity index (χ0) is 14.2. The first-order valence-corrected chi connectivity index (χ1v) is 6.52. The third kappa shape index (κ3) is 2.75. The first-order valence-electron chi connectivity index (χ1n) is 5.76. The summed E-state index contributed by atoms with van der Waals surface area (Å²) in [4.78, 5) is 12.4. The number of benzene rings is 2. The van der Waals surface area contributed by atoms with Crippen molar-refractivity contribution in [1.29, 1.82) is 0 Å². The van der Waals surface area contributed by atoms with Gasteiger partial charge in [-0.1, -0.05) is 47.0 Å². The Kier molecular flexibility index (Phi) is 3.83. The van der Waals surface area contributed by atoms with Crippen LogP contribution in [-0.4, -0.2) is 5.78 Å². The van der Waals surface area contributed by atoms with Crippen molar-refractivity contribution in [2.75, 3.05) is 5.73 Å². The van der Waals surface area contributed by atoms with Gasteiger partial charge in [-0.05, 0) is 31.5 Å². The second-order valence-electron chi connectivity index (χ2n) is 4.51. The zero-order valence-corrected chi connectivity index (χ0v) is 12.1. The highest BCUT2D eigenvalue weighted by molar-refractivity contribution is 6.44. The summed E-state index contributed by atoms with van der Waals surface area (Å²) < 4.78 is 0. The van der Waals surface area contributed by atoms with Gasteiger partial charge in [0.2, 0.25) is 0 Å². The number of hydrogen-bond donors (Lipinski definition) is 1. The molecule has 19 heavy (non-hydrogen) atoms. The van der Waals surface area contributed by atoms with E-state index in [0.717, 1.165) is 11.1 Å². The van der Waals surface area contributed by atoms with Crippen molar-refractivity contribution < 1.29 is 4.79 Å². The summed E-state index contributed by atoms with van der Waals surface area (Å²) >= 11 is 11.8. The minimum atomic E-state index is -0.109. The number of anilines is 1. The molecular formula is C15H13Cl2NO. The molecule has 2 aromatic rings. The molecule has 0 aliphatic heterocycles. The van der Waals surface area contributed by atoms with E-state index >= 15 is 0 Å². The van der Waals surface area contributed by atoms with Crippen molar-refractivity contribution >= 4 is 34.7 Å². The minimum Gasteiger partial charge on any atom is -0.397 e. The molecule has 0 aliphatic carbocycles. The molecule has 0 radical (unpaired) electrons. The Balaban J connectivity index is 2.50. The molecule has 2 nitrogen and oxygen atoms in total. The number of halogens is 2. The van der Waals surface area contributed by atoms with Gasteiger partial charge in [0.1, 0.15) is 0 Å². The van der Waals surface area contributed by atoms with E-state index in [9.17, 15) is 4.79 Å². The Morgan fingerprint density at radius 3 is 2.37 bits per heavy atom. The predicted octanol–water partition coefficient (Wildman–Crippen LogP) is 4.42. The highest BCUT2D eigenvalue weighted by atomic mass is 35.5. The van der Waals surface area contributed by atoms with Gasteiger partial charge < -0.3 is 5.73 Å². The van der Waals surface area contributed by atoms with E-state index in [1.165, 1.54) is 0 Å². The summed E-state index contributed by atoms with van der Waals surface area (Å²) in [6.45, 7) is 3.89. The van der Waals surface area contributed by atoms with Crippen molar-refractivity contribution in [3.05, 3.63) is 62.6 Å². The van der Waals surface area contributed by atoms with Gasteiger partial charge in [-0.25, -0.2) is 0 Å². The van der Waals surface area contributed by atoms with Crippen LogP contribution in [0, 0.1) is 13.8 Å². The third-order valence-electron chi connectivity index (χ3n) is 2.95. The number of rotatable bonds is 2. The lowest BCUT2D eigenvalue weighted by Crippen LogP contribution is -2.05. The molecule has 0 unspecified atom stereocenters. The van der Waals surface area contributed by atoms with E-state index in [0.29, 0.717) is 16.8 Å². The number of carbonyl (C=O) groups is 1. The minimum absolute atomic E-state index is 0.109. The van der Waals surface area contributed by atoms with Crippen molar-refractivity contribution in [3.8, 4) is 0 Å². The molecule has 0 atom stereocenters. The summed E-state index contributed by atoms with van der Waals surface area (Å²) in [5.74, 6) is -0.109. The third-order valence-corrected chi connectivity index (χ3v) is 3.76. The van der Waals surface area contributed by atoms with Gasteiger partial charge in [-0.2, -0.15) is 0 Å². The van der Waals surface area contributed by atoms with Crippen molar-refractivity contribution in [1.82, 2.24) is 0 Å². The van der Waals surface area contributed by atoms with E-state index in [4.69, 9.17) is 28.9 Å². The first-order chi connectivity index (χ1) is 8.90. The normalized spacial score (nSPS) is 10.5. The highest BCUT2D eigenvalue weighted by Crippen LogP contribution is 2.30. The number of ketones is 1. The van der Waals surface area contributed by atoms with Crippen molar-refractivity contribution in [3.63, 3.8) is 0 Å². The largest absolute Gasteiger partial charge is 0.397 e. The number of nitrogen functional groups attached to an aromatic ring is 1. The topological polar surface area (TPSA) is 43.1 Å². The molecule has 2 aromatic carbocycles. The molecule has 0 aliphatic rings. The van der Waals surface area contributed by atoms with Crippen LogP contribution in [0.1, 0.15) is 27.0 Å². The number of hydrogen-bond acceptors (Lipinski definition) is 2. The first kappa shape index (κ1) is 13.9. The summed E-state index contributed by atoms with van der Waals surface area (Å²) in [6.07, 6.45) is 0. The van der Waals surface area contributed by atoms with Gasteiger partial charge in [0.05, 0.1) is 15.7 Å². The maximum atomic E-state index is 12.4. The average Bonchev–Trinajstić information content (AvgIpc) is 2.34. The van der Waals surface area contributed by atoms with Crippen LogP contribution in [0.2, 0.25) is 10.0 Å². The van der Waals surface area contributed by atoms with E-state index in [1.54, 1.807) is 12.1 Å². The Morgan fingerprint density at radius 1 is 1.11 bits per heavy atom. The molecule has 0 aromatic heterocycles. The molecule has 0 fully saturated rings. The molecule has 2 rings (SSSR count). The summed E-state index contributed by atoms with van der Waals surface area (Å²) in [7, 11) is 0. The maximum absolute atomic E-state index is 12.4. The van der Waals surface area contributed by atoms with Crippen LogP contribution in [0.25, 0.3) is 0 Å². The molecule has 98 valence electrons. The molecule has 0 bridgehead atoms. The molecule has 0 saturated heterocycles. The van der Waals surface area contributed by atoms with Crippen LogP contribution < -0.4 is 5.73 Å². The van der Waals surface area contributed by atoms with Crippen molar-refractivity contribution in [2.24, 2.45) is 0 Å². The molecule has 2 N–H and O–H groups in total. The number of aryl methyl sites for hydroxylation is 2. The lowest BCUT2D eigenvalue weighted by atomic mass is 9.97. The molecular weight excluding hydrogens is 281 g/mol. The SMILES string of the molecule is Cc1ccc(C(=O)c2cc(N)c(Cl)c(Cl)c2)c(C)c1. The van der Waals surface area contributed by atoms with Crippen LogP contribution in [-0.2, 0) is 0 Å².